The summed E-state index contributed by atoms with van der Waals surface area (Å²) >= 11 is 1.65. The van der Waals surface area contributed by atoms with Gasteiger partial charge in [-0.05, 0) is 35.9 Å². The minimum absolute atomic E-state index is 0.170. The molecular weight excluding hydrogens is 391 g/mol. The maximum absolute atomic E-state index is 13.6. The SMILES string of the molecule is O=C(CCN1CCN(c2cccc3c2OCO3)CC1)C1CSc2ccc(F)cc21. The molecule has 2 aromatic rings. The highest BCUT2D eigenvalue weighted by atomic mass is 32.2. The van der Waals surface area contributed by atoms with Gasteiger partial charge in [-0.2, -0.15) is 0 Å². The van der Waals surface area contributed by atoms with E-state index in [-0.39, 0.29) is 24.3 Å². The lowest BCUT2D eigenvalue weighted by Crippen LogP contribution is -2.47. The fourth-order valence-electron chi connectivity index (χ4n) is 4.27. The number of carbonyl (C=O) groups is 1. The van der Waals surface area contributed by atoms with Crippen molar-refractivity contribution in [3.05, 3.63) is 47.8 Å². The highest BCUT2D eigenvalue weighted by Gasteiger charge is 2.30. The van der Waals surface area contributed by atoms with Gasteiger partial charge in [0.2, 0.25) is 6.79 Å². The van der Waals surface area contributed by atoms with E-state index in [1.807, 2.05) is 12.1 Å². The smallest absolute Gasteiger partial charge is 0.231 e. The van der Waals surface area contributed by atoms with Gasteiger partial charge in [-0.25, -0.2) is 4.39 Å². The monoisotopic (exact) mass is 414 g/mol. The number of fused-ring (bicyclic) bond motifs is 2. The first-order valence-electron chi connectivity index (χ1n) is 10.00. The molecule has 0 spiro atoms. The number of piperazine rings is 1. The average molecular weight is 415 g/mol. The second kappa shape index (κ2) is 7.88. The number of hydrogen-bond acceptors (Lipinski definition) is 6. The number of ether oxygens (including phenoxy) is 2. The Morgan fingerprint density at radius 3 is 2.86 bits per heavy atom. The lowest BCUT2D eigenvalue weighted by Gasteiger charge is -2.36. The van der Waals surface area contributed by atoms with Crippen LogP contribution in [0.15, 0.2) is 41.3 Å². The van der Waals surface area contributed by atoms with Gasteiger partial charge in [-0.15, -0.1) is 11.8 Å². The van der Waals surface area contributed by atoms with Crippen LogP contribution in [0.4, 0.5) is 10.1 Å². The van der Waals surface area contributed by atoms with E-state index in [2.05, 4.69) is 15.9 Å². The molecule has 3 aliphatic rings. The number of thioether (sulfide) groups is 1. The third kappa shape index (κ3) is 3.69. The van der Waals surface area contributed by atoms with Gasteiger partial charge in [0.15, 0.2) is 11.5 Å². The first-order chi connectivity index (χ1) is 14.2. The molecule has 29 heavy (non-hydrogen) atoms. The third-order valence-electron chi connectivity index (χ3n) is 5.90. The van der Waals surface area contributed by atoms with Crippen molar-refractivity contribution in [1.29, 1.82) is 0 Å². The van der Waals surface area contributed by atoms with Crippen LogP contribution in [-0.4, -0.2) is 56.0 Å². The molecule has 0 N–H and O–H groups in total. The first kappa shape index (κ1) is 18.8. The summed E-state index contributed by atoms with van der Waals surface area (Å²) in [5, 5.41) is 0. The van der Waals surface area contributed by atoms with Crippen LogP contribution in [0.1, 0.15) is 17.9 Å². The van der Waals surface area contributed by atoms with Gasteiger partial charge in [0.25, 0.3) is 0 Å². The Labute approximate surface area is 173 Å². The molecule has 1 atom stereocenters. The summed E-state index contributed by atoms with van der Waals surface area (Å²) in [7, 11) is 0. The lowest BCUT2D eigenvalue weighted by molar-refractivity contribution is -0.120. The van der Waals surface area contributed by atoms with Gasteiger partial charge in [0, 0.05) is 49.8 Å². The van der Waals surface area contributed by atoms with E-state index in [0.29, 0.717) is 6.42 Å². The Morgan fingerprint density at radius 1 is 1.14 bits per heavy atom. The van der Waals surface area contributed by atoms with Gasteiger partial charge in [-0.3, -0.25) is 9.69 Å². The number of Topliss-reactive ketones (excluding diaryl/α,β-unsaturated/α-hetero) is 1. The Balaban J connectivity index is 1.15. The number of anilines is 1. The van der Waals surface area contributed by atoms with Gasteiger partial charge in [-0.1, -0.05) is 6.07 Å². The average Bonchev–Trinajstić information content (AvgIpc) is 3.39. The van der Waals surface area contributed by atoms with Crippen molar-refractivity contribution >= 4 is 23.2 Å². The van der Waals surface area contributed by atoms with Crippen molar-refractivity contribution in [3.8, 4) is 11.5 Å². The van der Waals surface area contributed by atoms with Crippen molar-refractivity contribution < 1.29 is 18.7 Å². The quantitative estimate of drug-likeness (QED) is 0.746. The molecule has 1 unspecified atom stereocenters. The number of halogens is 1. The highest BCUT2D eigenvalue weighted by Crippen LogP contribution is 2.42. The topological polar surface area (TPSA) is 42.0 Å². The van der Waals surface area contributed by atoms with Gasteiger partial charge >= 0.3 is 0 Å². The molecule has 3 heterocycles. The van der Waals surface area contributed by atoms with Crippen LogP contribution >= 0.6 is 11.8 Å². The summed E-state index contributed by atoms with van der Waals surface area (Å²) in [4.78, 5) is 18.5. The van der Waals surface area contributed by atoms with Crippen molar-refractivity contribution in [2.45, 2.75) is 17.2 Å². The normalized spacial score (nSPS) is 20.7. The number of para-hydroxylation sites is 1. The second-order valence-electron chi connectivity index (χ2n) is 7.60. The van der Waals surface area contributed by atoms with Crippen molar-refractivity contribution in [2.24, 2.45) is 0 Å². The van der Waals surface area contributed by atoms with Crippen molar-refractivity contribution in [2.75, 3.05) is 50.2 Å². The zero-order valence-corrected chi connectivity index (χ0v) is 16.9. The van der Waals surface area contributed by atoms with E-state index in [4.69, 9.17) is 9.47 Å². The Morgan fingerprint density at radius 2 is 2.00 bits per heavy atom. The zero-order chi connectivity index (χ0) is 19.8. The predicted molar refractivity (Wildman–Crippen MR) is 111 cm³/mol. The summed E-state index contributed by atoms with van der Waals surface area (Å²) in [6, 6.07) is 10.8. The van der Waals surface area contributed by atoms with E-state index >= 15 is 0 Å². The summed E-state index contributed by atoms with van der Waals surface area (Å²) in [5.41, 5.74) is 1.95. The van der Waals surface area contributed by atoms with Crippen LogP contribution in [0.25, 0.3) is 0 Å². The zero-order valence-electron chi connectivity index (χ0n) is 16.1. The molecule has 0 radical (unpaired) electrons. The van der Waals surface area contributed by atoms with Gasteiger partial charge in [0.05, 0.1) is 11.6 Å². The maximum atomic E-state index is 13.6. The van der Waals surface area contributed by atoms with Gasteiger partial charge < -0.3 is 14.4 Å². The third-order valence-corrected chi connectivity index (χ3v) is 7.09. The van der Waals surface area contributed by atoms with Crippen molar-refractivity contribution in [1.82, 2.24) is 4.90 Å². The molecule has 0 saturated carbocycles. The number of ketones is 1. The number of carbonyl (C=O) groups excluding carboxylic acids is 1. The van der Waals surface area contributed by atoms with Gasteiger partial charge in [0.1, 0.15) is 11.6 Å². The minimum Gasteiger partial charge on any atom is -0.454 e. The molecule has 5 rings (SSSR count). The number of nitrogens with zero attached hydrogens (tertiary/aromatic N) is 2. The lowest BCUT2D eigenvalue weighted by atomic mass is 9.94. The molecule has 5 nitrogen and oxygen atoms in total. The van der Waals surface area contributed by atoms with Crippen LogP contribution in [-0.2, 0) is 4.79 Å². The molecule has 3 aliphatic heterocycles. The molecule has 1 saturated heterocycles. The predicted octanol–water partition coefficient (Wildman–Crippen LogP) is 3.53. The van der Waals surface area contributed by atoms with Crippen LogP contribution < -0.4 is 14.4 Å². The Kier molecular flexibility index (Phi) is 5.09. The Hall–Kier alpha value is -2.25. The maximum Gasteiger partial charge on any atom is 0.231 e. The number of hydrogen-bond donors (Lipinski definition) is 0. The molecular formula is C22H23FN2O3S. The highest BCUT2D eigenvalue weighted by molar-refractivity contribution is 7.99. The van der Waals surface area contributed by atoms with Crippen LogP contribution in [0, 0.1) is 5.82 Å². The molecule has 0 aliphatic carbocycles. The molecule has 1 fully saturated rings. The molecule has 0 bridgehead atoms. The molecule has 0 amide bonds. The largest absolute Gasteiger partial charge is 0.454 e. The summed E-state index contributed by atoms with van der Waals surface area (Å²) in [6.07, 6.45) is 0.513. The molecule has 7 heteroatoms. The van der Waals surface area contributed by atoms with Crippen LogP contribution in [0.3, 0.4) is 0 Å². The molecule has 2 aromatic carbocycles. The summed E-state index contributed by atoms with van der Waals surface area (Å²) in [6.45, 7) is 4.62. The number of rotatable bonds is 5. The van der Waals surface area contributed by atoms with E-state index in [1.165, 1.54) is 12.1 Å². The fourth-order valence-corrected chi connectivity index (χ4v) is 5.51. The van der Waals surface area contributed by atoms with E-state index in [0.717, 1.165) is 66.1 Å². The summed E-state index contributed by atoms with van der Waals surface area (Å²) < 4.78 is 24.7. The van der Waals surface area contributed by atoms with E-state index in [9.17, 15) is 9.18 Å². The standard InChI is InChI=1S/C22H23FN2O3S/c23-15-4-5-21-16(12-15)17(13-29-21)19(26)6-7-24-8-10-25(11-9-24)18-2-1-3-20-22(18)28-14-27-20/h1-5,12,17H,6-11,13-14H2. The Bertz CT molecular complexity index is 930. The fraction of sp³-hybridized carbons (Fsp3) is 0.409. The molecule has 152 valence electrons. The van der Waals surface area contributed by atoms with Crippen molar-refractivity contribution in [3.63, 3.8) is 0 Å². The summed E-state index contributed by atoms with van der Waals surface area (Å²) in [5.74, 6) is 2.16. The molecule has 0 aromatic heterocycles. The van der Waals surface area contributed by atoms with Crippen LogP contribution in [0.5, 0.6) is 11.5 Å². The minimum atomic E-state index is -0.262. The second-order valence-corrected chi connectivity index (χ2v) is 8.66. The van der Waals surface area contributed by atoms with E-state index in [1.54, 1.807) is 17.8 Å². The first-order valence-corrected chi connectivity index (χ1v) is 11.0. The number of benzene rings is 2. The van der Waals surface area contributed by atoms with Crippen LogP contribution in [0.2, 0.25) is 0 Å². The van der Waals surface area contributed by atoms with E-state index < -0.39 is 0 Å².